The van der Waals surface area contributed by atoms with E-state index in [2.05, 4.69) is 4.99 Å². The Balaban J connectivity index is 1.60. The van der Waals surface area contributed by atoms with E-state index < -0.39 is 12.0 Å². The lowest BCUT2D eigenvalue weighted by Crippen LogP contribution is -2.39. The lowest BCUT2D eigenvalue weighted by Gasteiger charge is -2.23. The van der Waals surface area contributed by atoms with Crippen LogP contribution < -0.4 is 24.4 Å². The molecule has 3 heterocycles. The van der Waals surface area contributed by atoms with Gasteiger partial charge in [0.15, 0.2) is 16.3 Å². The summed E-state index contributed by atoms with van der Waals surface area (Å²) >= 11 is 2.75. The molecule has 4 aromatic rings. The number of carbonyl (C=O) groups is 1. The number of allylic oxidation sites excluding steroid dienone is 1. The number of rotatable bonds is 7. The van der Waals surface area contributed by atoms with E-state index in [1.165, 1.54) is 22.7 Å². The fraction of sp³-hybridized carbons (Fsp3) is 0.179. The molecule has 2 aromatic heterocycles. The summed E-state index contributed by atoms with van der Waals surface area (Å²) in [6, 6.07) is 18.2. The summed E-state index contributed by atoms with van der Waals surface area (Å²) < 4.78 is 18.7. The number of aromatic nitrogens is 1. The highest BCUT2D eigenvalue weighted by Crippen LogP contribution is 2.34. The number of thiazole rings is 1. The number of methoxy groups -OCH3 is 2. The van der Waals surface area contributed by atoms with Crippen molar-refractivity contribution in [2.75, 3.05) is 14.2 Å². The molecular formula is C28H24N2O5S2. The number of thiophene rings is 1. The smallest absolute Gasteiger partial charge is 0.338 e. The Hall–Kier alpha value is -3.95. The van der Waals surface area contributed by atoms with E-state index in [4.69, 9.17) is 14.2 Å². The zero-order chi connectivity index (χ0) is 25.9. The summed E-state index contributed by atoms with van der Waals surface area (Å²) in [5, 5.41) is 1.93. The van der Waals surface area contributed by atoms with Crippen molar-refractivity contribution in [3.63, 3.8) is 0 Å². The highest BCUT2D eigenvalue weighted by Gasteiger charge is 2.34. The van der Waals surface area contributed by atoms with Crippen molar-refractivity contribution in [1.29, 1.82) is 0 Å². The molecule has 1 aliphatic rings. The topological polar surface area (TPSA) is 79.1 Å². The Bertz CT molecular complexity index is 1650. The van der Waals surface area contributed by atoms with Gasteiger partial charge >= 0.3 is 5.97 Å². The van der Waals surface area contributed by atoms with Crippen molar-refractivity contribution >= 4 is 34.7 Å². The zero-order valence-corrected chi connectivity index (χ0v) is 22.1. The molecule has 7 nitrogen and oxygen atoms in total. The van der Waals surface area contributed by atoms with Crippen LogP contribution in [-0.2, 0) is 16.1 Å². The van der Waals surface area contributed by atoms with Crippen LogP contribution in [0.2, 0.25) is 0 Å². The van der Waals surface area contributed by atoms with Crippen LogP contribution >= 0.6 is 22.7 Å². The minimum absolute atomic E-state index is 0.133. The number of hydrogen-bond acceptors (Lipinski definition) is 8. The summed E-state index contributed by atoms with van der Waals surface area (Å²) in [5.74, 6) is 0.610. The Morgan fingerprint density at radius 2 is 1.86 bits per heavy atom. The summed E-state index contributed by atoms with van der Waals surface area (Å²) in [6.07, 6.45) is 1.77. The molecule has 0 saturated carbocycles. The maximum Gasteiger partial charge on any atom is 0.338 e. The Morgan fingerprint density at radius 1 is 1.05 bits per heavy atom. The van der Waals surface area contributed by atoms with Gasteiger partial charge in [-0.25, -0.2) is 9.79 Å². The van der Waals surface area contributed by atoms with Gasteiger partial charge in [-0.2, -0.15) is 0 Å². The first-order valence-electron chi connectivity index (χ1n) is 11.5. The van der Waals surface area contributed by atoms with E-state index in [9.17, 15) is 9.59 Å². The highest BCUT2D eigenvalue weighted by atomic mass is 32.1. The maximum atomic E-state index is 13.8. The molecule has 0 spiro atoms. The van der Waals surface area contributed by atoms with Crippen molar-refractivity contribution < 1.29 is 19.0 Å². The van der Waals surface area contributed by atoms with Crippen LogP contribution in [0.1, 0.15) is 29.0 Å². The quantitative estimate of drug-likeness (QED) is 0.336. The van der Waals surface area contributed by atoms with Crippen LogP contribution in [0, 0.1) is 0 Å². The van der Waals surface area contributed by atoms with Crippen molar-refractivity contribution in [2.24, 2.45) is 4.99 Å². The fourth-order valence-corrected chi connectivity index (χ4v) is 6.13. The molecule has 188 valence electrons. The van der Waals surface area contributed by atoms with E-state index in [-0.39, 0.29) is 12.2 Å². The fourth-order valence-electron chi connectivity index (χ4n) is 4.27. The van der Waals surface area contributed by atoms with Gasteiger partial charge in [-0.3, -0.25) is 9.36 Å². The summed E-state index contributed by atoms with van der Waals surface area (Å²) in [5.41, 5.74) is 2.23. The molecule has 0 aliphatic carbocycles. The van der Waals surface area contributed by atoms with Gasteiger partial charge in [-0.1, -0.05) is 59.9 Å². The van der Waals surface area contributed by atoms with Gasteiger partial charge in [0.25, 0.3) is 5.56 Å². The second-order valence-corrected chi connectivity index (χ2v) is 10.2. The van der Waals surface area contributed by atoms with Crippen LogP contribution in [-0.4, -0.2) is 24.8 Å². The van der Waals surface area contributed by atoms with Crippen LogP contribution in [0.3, 0.4) is 0 Å². The van der Waals surface area contributed by atoms with E-state index in [1.54, 1.807) is 37.9 Å². The third-order valence-electron chi connectivity index (χ3n) is 5.99. The molecular weight excluding hydrogens is 508 g/mol. The molecule has 5 rings (SSSR count). The Morgan fingerprint density at radius 3 is 2.57 bits per heavy atom. The van der Waals surface area contributed by atoms with Gasteiger partial charge in [0.05, 0.1) is 30.0 Å². The van der Waals surface area contributed by atoms with Gasteiger partial charge in [-0.05, 0) is 36.1 Å². The number of carbonyl (C=O) groups excluding carboxylic acids is 1. The van der Waals surface area contributed by atoms with Crippen LogP contribution in [0.5, 0.6) is 11.5 Å². The summed E-state index contributed by atoms with van der Waals surface area (Å²) in [6.45, 7) is 1.91. The lowest BCUT2D eigenvalue weighted by atomic mass is 10.0. The van der Waals surface area contributed by atoms with E-state index in [0.29, 0.717) is 37.7 Å². The first-order chi connectivity index (χ1) is 18.0. The number of fused-ring (bicyclic) bond motifs is 1. The zero-order valence-electron chi connectivity index (χ0n) is 20.5. The molecule has 0 radical (unpaired) electrons. The van der Waals surface area contributed by atoms with Gasteiger partial charge in [0.1, 0.15) is 12.6 Å². The van der Waals surface area contributed by atoms with Crippen molar-refractivity contribution in [2.45, 2.75) is 19.6 Å². The second-order valence-electron chi connectivity index (χ2n) is 8.24. The monoisotopic (exact) mass is 532 g/mol. The van der Waals surface area contributed by atoms with E-state index >= 15 is 0 Å². The Labute approximate surface area is 221 Å². The van der Waals surface area contributed by atoms with Crippen molar-refractivity contribution in [1.82, 2.24) is 4.57 Å². The molecule has 0 bridgehead atoms. The SMILES string of the molecule is COc1cccc(C=c2sc3n(c2=O)C(c2cccs2)C(C(=O)OCc2ccccc2)=C(C)N=3)c1OC. The van der Waals surface area contributed by atoms with Crippen molar-refractivity contribution in [3.8, 4) is 11.5 Å². The van der Waals surface area contributed by atoms with E-state index in [1.807, 2.05) is 60.0 Å². The number of nitrogens with zero attached hydrogens (tertiary/aromatic N) is 2. The van der Waals surface area contributed by atoms with Gasteiger partial charge in [0, 0.05) is 10.4 Å². The maximum absolute atomic E-state index is 13.8. The largest absolute Gasteiger partial charge is 0.493 e. The third-order valence-corrected chi connectivity index (χ3v) is 7.89. The minimum Gasteiger partial charge on any atom is -0.493 e. The number of para-hydroxylation sites is 1. The standard InChI is InChI=1S/C28H24N2O5S2/c1-17-23(27(32)35-16-18-9-5-4-6-10-18)24(21-13-8-14-36-21)30-26(31)22(37-28(30)29-17)15-19-11-7-12-20(33-2)25(19)34-3/h4-15,24H,16H2,1-3H3. The molecule has 0 N–H and O–H groups in total. The van der Waals surface area contributed by atoms with Crippen molar-refractivity contribution in [3.05, 3.63) is 113 Å². The minimum atomic E-state index is -0.631. The molecule has 37 heavy (non-hydrogen) atoms. The third kappa shape index (κ3) is 4.75. The Kier molecular flexibility index (Phi) is 7.07. The molecule has 2 aromatic carbocycles. The molecule has 0 amide bonds. The number of hydrogen-bond donors (Lipinski definition) is 0. The average Bonchev–Trinajstić information content (AvgIpc) is 3.55. The number of ether oxygens (including phenoxy) is 3. The molecule has 1 atom stereocenters. The van der Waals surface area contributed by atoms with Gasteiger partial charge in [-0.15, -0.1) is 11.3 Å². The van der Waals surface area contributed by atoms with Gasteiger partial charge < -0.3 is 14.2 Å². The molecule has 1 aliphatic heterocycles. The molecule has 0 saturated heterocycles. The van der Waals surface area contributed by atoms with Crippen LogP contribution in [0.4, 0.5) is 0 Å². The predicted molar refractivity (Wildman–Crippen MR) is 144 cm³/mol. The summed E-state index contributed by atoms with van der Waals surface area (Å²) in [7, 11) is 3.13. The molecule has 0 fully saturated rings. The average molecular weight is 533 g/mol. The van der Waals surface area contributed by atoms with Crippen LogP contribution in [0.15, 0.2) is 87.1 Å². The first-order valence-corrected chi connectivity index (χ1v) is 13.2. The first kappa shape index (κ1) is 24.7. The normalized spacial score (nSPS) is 15.2. The summed E-state index contributed by atoms with van der Waals surface area (Å²) in [4.78, 5) is 33.2. The second kappa shape index (κ2) is 10.6. The lowest BCUT2D eigenvalue weighted by molar-refractivity contribution is -0.140. The molecule has 9 heteroatoms. The predicted octanol–water partition coefficient (Wildman–Crippen LogP) is 4.06. The molecule has 1 unspecified atom stereocenters. The number of esters is 1. The van der Waals surface area contributed by atoms with Crippen LogP contribution in [0.25, 0.3) is 6.08 Å². The highest BCUT2D eigenvalue weighted by molar-refractivity contribution is 7.10. The number of benzene rings is 2. The van der Waals surface area contributed by atoms with Gasteiger partial charge in [0.2, 0.25) is 0 Å². The van der Waals surface area contributed by atoms with E-state index in [0.717, 1.165) is 10.4 Å².